The Morgan fingerprint density at radius 2 is 1.84 bits per heavy atom. The zero-order chi connectivity index (χ0) is 21.9. The third kappa shape index (κ3) is 4.13. The third-order valence-electron chi connectivity index (χ3n) is 6.70. The van der Waals surface area contributed by atoms with Gasteiger partial charge in [-0.1, -0.05) is 36.4 Å². The number of nitrogens with zero attached hydrogens (tertiary/aromatic N) is 2. The molecule has 0 aliphatic carbocycles. The minimum absolute atomic E-state index is 0.504. The summed E-state index contributed by atoms with van der Waals surface area (Å²) < 4.78 is 11.5. The molecule has 0 spiro atoms. The highest BCUT2D eigenvalue weighted by Crippen LogP contribution is 2.40. The van der Waals surface area contributed by atoms with Crippen LogP contribution in [0.2, 0.25) is 0 Å². The van der Waals surface area contributed by atoms with Gasteiger partial charge >= 0.3 is 0 Å². The molecule has 0 bridgehead atoms. The monoisotopic (exact) mass is 429 g/mol. The van der Waals surface area contributed by atoms with Crippen molar-refractivity contribution in [1.82, 2.24) is 4.90 Å². The molecule has 5 nitrogen and oxygen atoms in total. The van der Waals surface area contributed by atoms with Gasteiger partial charge in [0, 0.05) is 30.4 Å². The van der Waals surface area contributed by atoms with Crippen molar-refractivity contribution in [3.8, 4) is 11.5 Å². The van der Waals surface area contributed by atoms with E-state index in [0.717, 1.165) is 43.2 Å². The van der Waals surface area contributed by atoms with Gasteiger partial charge in [-0.3, -0.25) is 4.90 Å². The minimum Gasteiger partial charge on any atom is -0.495 e. The summed E-state index contributed by atoms with van der Waals surface area (Å²) in [6.07, 6.45) is 3.44. The first kappa shape index (κ1) is 20.7. The van der Waals surface area contributed by atoms with Crippen LogP contribution in [0.15, 0.2) is 66.7 Å². The molecule has 1 saturated heterocycles. The Balaban J connectivity index is 1.35. The predicted molar refractivity (Wildman–Crippen MR) is 130 cm³/mol. The van der Waals surface area contributed by atoms with Crippen LogP contribution in [0.4, 0.5) is 17.1 Å². The van der Waals surface area contributed by atoms with Crippen molar-refractivity contribution in [2.45, 2.75) is 31.9 Å². The van der Waals surface area contributed by atoms with Gasteiger partial charge in [0.05, 0.1) is 18.5 Å². The predicted octanol–water partition coefficient (Wildman–Crippen LogP) is 5.02. The van der Waals surface area contributed by atoms with E-state index in [1.807, 2.05) is 12.1 Å². The highest BCUT2D eigenvalue weighted by Gasteiger charge is 2.29. The van der Waals surface area contributed by atoms with Crippen molar-refractivity contribution in [3.63, 3.8) is 0 Å². The molecular formula is C27H31N3O2. The molecule has 2 N–H and O–H groups in total. The fraction of sp³-hybridized carbons (Fsp3) is 0.333. The van der Waals surface area contributed by atoms with Crippen molar-refractivity contribution in [2.24, 2.45) is 0 Å². The molecule has 5 rings (SSSR count). The van der Waals surface area contributed by atoms with Gasteiger partial charge in [-0.05, 0) is 61.7 Å². The largest absolute Gasteiger partial charge is 0.495 e. The summed E-state index contributed by atoms with van der Waals surface area (Å²) in [5.74, 6) is 1.70. The average molecular weight is 430 g/mol. The fourth-order valence-electron chi connectivity index (χ4n) is 5.00. The van der Waals surface area contributed by atoms with Crippen LogP contribution in [0, 0.1) is 0 Å². The van der Waals surface area contributed by atoms with E-state index in [0.29, 0.717) is 18.3 Å². The molecule has 1 fully saturated rings. The molecule has 1 atom stereocenters. The lowest BCUT2D eigenvalue weighted by atomic mass is 10.1. The SMILES string of the molecule is COc1ccc(CCN2CCC[C@@H]2CN2c3ccccc3COc3ccccc32)cc1N. The summed E-state index contributed by atoms with van der Waals surface area (Å²) in [6.45, 7) is 3.74. The van der Waals surface area contributed by atoms with Crippen molar-refractivity contribution >= 4 is 17.1 Å². The van der Waals surface area contributed by atoms with Gasteiger partial charge in [0.15, 0.2) is 0 Å². The Bertz CT molecular complexity index is 1040. The number of likely N-dealkylation sites (tertiary alicyclic amines) is 1. The number of hydrogen-bond acceptors (Lipinski definition) is 5. The van der Waals surface area contributed by atoms with Crippen LogP contribution in [0.1, 0.15) is 24.0 Å². The summed E-state index contributed by atoms with van der Waals surface area (Å²) in [5, 5.41) is 0. The number of anilines is 3. The Morgan fingerprint density at radius 3 is 2.69 bits per heavy atom. The molecule has 0 amide bonds. The molecule has 0 unspecified atom stereocenters. The van der Waals surface area contributed by atoms with Gasteiger partial charge in [-0.2, -0.15) is 0 Å². The summed E-state index contributed by atoms with van der Waals surface area (Å²) >= 11 is 0. The average Bonchev–Trinajstić information content (AvgIpc) is 3.21. The van der Waals surface area contributed by atoms with Crippen LogP contribution < -0.4 is 20.1 Å². The van der Waals surface area contributed by atoms with Crippen molar-refractivity contribution in [3.05, 3.63) is 77.9 Å². The van der Waals surface area contributed by atoms with Crippen LogP contribution in [-0.4, -0.2) is 37.7 Å². The van der Waals surface area contributed by atoms with E-state index in [4.69, 9.17) is 15.2 Å². The quantitative estimate of drug-likeness (QED) is 0.558. The molecule has 2 aliphatic heterocycles. The van der Waals surface area contributed by atoms with Crippen molar-refractivity contribution < 1.29 is 9.47 Å². The normalized spacial score (nSPS) is 17.9. The second kappa shape index (κ2) is 9.13. The Kier molecular flexibility index (Phi) is 5.91. The van der Waals surface area contributed by atoms with Crippen molar-refractivity contribution in [2.75, 3.05) is 37.4 Å². The zero-order valence-electron chi connectivity index (χ0n) is 18.7. The molecule has 166 valence electrons. The van der Waals surface area contributed by atoms with E-state index in [1.165, 1.54) is 29.7 Å². The van der Waals surface area contributed by atoms with E-state index in [9.17, 15) is 0 Å². The second-order valence-electron chi connectivity index (χ2n) is 8.65. The number of fused-ring (bicyclic) bond motifs is 2. The van der Waals surface area contributed by atoms with E-state index >= 15 is 0 Å². The molecule has 3 aromatic rings. The maximum atomic E-state index is 6.15. The van der Waals surface area contributed by atoms with Crippen LogP contribution in [0.3, 0.4) is 0 Å². The lowest BCUT2D eigenvalue weighted by Gasteiger charge is -2.32. The summed E-state index contributed by atoms with van der Waals surface area (Å²) in [5.41, 5.74) is 11.7. The molecule has 0 radical (unpaired) electrons. The summed E-state index contributed by atoms with van der Waals surface area (Å²) in [6, 6.07) is 23.7. The first-order valence-electron chi connectivity index (χ1n) is 11.5. The molecule has 0 aromatic heterocycles. The summed E-state index contributed by atoms with van der Waals surface area (Å²) in [4.78, 5) is 5.10. The van der Waals surface area contributed by atoms with Crippen molar-refractivity contribution in [1.29, 1.82) is 0 Å². The van der Waals surface area contributed by atoms with Crippen LogP contribution in [0.25, 0.3) is 0 Å². The zero-order valence-corrected chi connectivity index (χ0v) is 18.7. The van der Waals surface area contributed by atoms with Gasteiger partial charge in [0.2, 0.25) is 0 Å². The smallest absolute Gasteiger partial charge is 0.143 e. The van der Waals surface area contributed by atoms with E-state index in [2.05, 4.69) is 64.4 Å². The van der Waals surface area contributed by atoms with E-state index < -0.39 is 0 Å². The first-order chi connectivity index (χ1) is 15.7. The standard InChI is InChI=1S/C27H31N3O2/c1-31-26-13-12-20(17-23(26)28)14-16-29-15-6-8-22(29)18-30-24-9-3-2-7-21(24)19-32-27-11-5-4-10-25(27)30/h2-5,7,9-13,17,22H,6,8,14-16,18-19,28H2,1H3/t22-/m1/s1. The number of rotatable bonds is 6. The van der Waals surface area contributed by atoms with Gasteiger partial charge in [-0.15, -0.1) is 0 Å². The lowest BCUT2D eigenvalue weighted by molar-refractivity contribution is 0.261. The highest BCUT2D eigenvalue weighted by atomic mass is 16.5. The van der Waals surface area contributed by atoms with E-state index in [1.54, 1.807) is 7.11 Å². The Labute approximate surface area is 190 Å². The number of benzene rings is 3. The molecule has 0 saturated carbocycles. The van der Waals surface area contributed by atoms with Crippen LogP contribution in [-0.2, 0) is 13.0 Å². The number of para-hydroxylation sites is 3. The van der Waals surface area contributed by atoms with Crippen LogP contribution in [0.5, 0.6) is 11.5 Å². The maximum absolute atomic E-state index is 6.15. The number of ether oxygens (including phenoxy) is 2. The first-order valence-corrected chi connectivity index (χ1v) is 11.5. The fourth-order valence-corrected chi connectivity index (χ4v) is 5.00. The molecule has 2 heterocycles. The Morgan fingerprint density at radius 1 is 1.03 bits per heavy atom. The highest BCUT2D eigenvalue weighted by molar-refractivity contribution is 5.72. The van der Waals surface area contributed by atoms with Gasteiger partial charge < -0.3 is 20.1 Å². The minimum atomic E-state index is 0.504. The molecular weight excluding hydrogens is 398 g/mol. The molecule has 5 heteroatoms. The number of methoxy groups -OCH3 is 1. The Hall–Kier alpha value is -3.18. The molecule has 3 aromatic carbocycles. The van der Waals surface area contributed by atoms with Gasteiger partial charge in [-0.25, -0.2) is 0 Å². The van der Waals surface area contributed by atoms with E-state index in [-0.39, 0.29) is 0 Å². The number of nitrogen functional groups attached to an aromatic ring is 1. The van der Waals surface area contributed by atoms with Gasteiger partial charge in [0.25, 0.3) is 0 Å². The molecule has 2 aliphatic rings. The lowest BCUT2D eigenvalue weighted by Crippen LogP contribution is -2.39. The topological polar surface area (TPSA) is 51.0 Å². The second-order valence-corrected chi connectivity index (χ2v) is 8.65. The number of hydrogen-bond donors (Lipinski definition) is 1. The third-order valence-corrected chi connectivity index (χ3v) is 6.70. The molecule has 32 heavy (non-hydrogen) atoms. The number of nitrogens with two attached hydrogens (primary N) is 1. The van der Waals surface area contributed by atoms with Gasteiger partial charge in [0.1, 0.15) is 18.1 Å². The van der Waals surface area contributed by atoms with Crippen LogP contribution >= 0.6 is 0 Å². The summed E-state index contributed by atoms with van der Waals surface area (Å²) in [7, 11) is 1.66. The maximum Gasteiger partial charge on any atom is 0.143 e.